The molecule has 2 aromatic rings. The molecule has 0 saturated carbocycles. The van der Waals surface area contributed by atoms with Gasteiger partial charge in [0.1, 0.15) is 12.4 Å². The predicted octanol–water partition coefficient (Wildman–Crippen LogP) is 2.65. The molecular formula is C19H25NO3. The van der Waals surface area contributed by atoms with Crippen LogP contribution in [0.3, 0.4) is 0 Å². The number of rotatable bonds is 7. The minimum absolute atomic E-state index is 0.328. The van der Waals surface area contributed by atoms with E-state index in [0.29, 0.717) is 25.8 Å². The third-order valence-corrected chi connectivity index (χ3v) is 4.58. The number of ether oxygens (including phenoxy) is 1. The van der Waals surface area contributed by atoms with Gasteiger partial charge in [0.2, 0.25) is 0 Å². The van der Waals surface area contributed by atoms with Crippen molar-refractivity contribution in [1.29, 1.82) is 0 Å². The van der Waals surface area contributed by atoms with E-state index in [0.717, 1.165) is 25.0 Å². The van der Waals surface area contributed by atoms with Crippen LogP contribution >= 0.6 is 0 Å². The molecule has 4 heteroatoms. The zero-order valence-corrected chi connectivity index (χ0v) is 13.6. The number of hydrogen-bond acceptors (Lipinski definition) is 4. The molecule has 2 atom stereocenters. The summed E-state index contributed by atoms with van der Waals surface area (Å²) in [6, 6.07) is 12.9. The molecule has 4 nitrogen and oxygen atoms in total. The number of nitrogens with zero attached hydrogens (tertiary/aromatic N) is 1. The van der Waals surface area contributed by atoms with Crippen LogP contribution in [0.4, 0.5) is 0 Å². The molecule has 1 N–H and O–H groups in total. The monoisotopic (exact) mass is 315 g/mol. The third-order valence-electron chi connectivity index (χ3n) is 4.58. The van der Waals surface area contributed by atoms with Gasteiger partial charge >= 0.3 is 0 Å². The Balaban J connectivity index is 1.43. The second-order valence-electron chi connectivity index (χ2n) is 6.35. The lowest BCUT2D eigenvalue weighted by Crippen LogP contribution is -2.42. The standard InChI is InChI=1S/C19H25NO3/c1-20(12-18(21)13-22-14-19-7-4-10-23-19)17-9-8-15-5-2-3-6-16(15)11-17/h2-7,10,17-18,21H,8-9,11-14H2,1H3. The lowest BCUT2D eigenvalue weighted by atomic mass is 9.87. The smallest absolute Gasteiger partial charge is 0.129 e. The van der Waals surface area contributed by atoms with Crippen LogP contribution < -0.4 is 0 Å². The molecule has 0 spiro atoms. The maximum atomic E-state index is 10.2. The Labute approximate surface area is 137 Å². The van der Waals surface area contributed by atoms with Crippen LogP contribution in [0.25, 0.3) is 0 Å². The number of likely N-dealkylation sites (N-methyl/N-ethyl adjacent to an activating group) is 1. The van der Waals surface area contributed by atoms with E-state index < -0.39 is 6.10 Å². The molecule has 0 amide bonds. The van der Waals surface area contributed by atoms with Gasteiger partial charge in [0, 0.05) is 12.6 Å². The molecule has 0 bridgehead atoms. The van der Waals surface area contributed by atoms with Crippen molar-refractivity contribution in [2.45, 2.75) is 38.0 Å². The number of aryl methyl sites for hydroxylation is 1. The molecule has 23 heavy (non-hydrogen) atoms. The molecule has 3 rings (SSSR count). The number of benzene rings is 1. The van der Waals surface area contributed by atoms with Crippen LogP contribution in [-0.4, -0.2) is 42.4 Å². The molecule has 0 saturated heterocycles. The lowest BCUT2D eigenvalue weighted by molar-refractivity contribution is 0.00210. The zero-order chi connectivity index (χ0) is 16.1. The highest BCUT2D eigenvalue weighted by Gasteiger charge is 2.23. The summed E-state index contributed by atoms with van der Waals surface area (Å²) < 4.78 is 10.7. The first kappa shape index (κ1) is 16.2. The van der Waals surface area contributed by atoms with Gasteiger partial charge < -0.3 is 19.2 Å². The summed E-state index contributed by atoms with van der Waals surface area (Å²) in [5, 5.41) is 10.2. The van der Waals surface area contributed by atoms with Crippen LogP contribution in [0.1, 0.15) is 23.3 Å². The van der Waals surface area contributed by atoms with Crippen molar-refractivity contribution in [1.82, 2.24) is 4.90 Å². The molecule has 0 aliphatic heterocycles. The van der Waals surface area contributed by atoms with Crippen molar-refractivity contribution < 1.29 is 14.3 Å². The highest BCUT2D eigenvalue weighted by atomic mass is 16.5. The van der Waals surface area contributed by atoms with E-state index >= 15 is 0 Å². The van der Waals surface area contributed by atoms with E-state index in [-0.39, 0.29) is 0 Å². The number of aliphatic hydroxyl groups excluding tert-OH is 1. The molecule has 1 aliphatic rings. The quantitative estimate of drug-likeness (QED) is 0.853. The van der Waals surface area contributed by atoms with Crippen molar-refractivity contribution in [3.8, 4) is 0 Å². The van der Waals surface area contributed by atoms with E-state index in [4.69, 9.17) is 9.15 Å². The fraction of sp³-hybridized carbons (Fsp3) is 0.474. The topological polar surface area (TPSA) is 45.8 Å². The highest BCUT2D eigenvalue weighted by molar-refractivity contribution is 5.30. The van der Waals surface area contributed by atoms with Crippen molar-refractivity contribution >= 4 is 0 Å². The number of furan rings is 1. The predicted molar refractivity (Wildman–Crippen MR) is 89.3 cm³/mol. The van der Waals surface area contributed by atoms with Crippen molar-refractivity contribution in [3.05, 3.63) is 59.5 Å². The highest BCUT2D eigenvalue weighted by Crippen LogP contribution is 2.23. The second kappa shape index (κ2) is 7.77. The Morgan fingerprint density at radius 2 is 2.09 bits per heavy atom. The third kappa shape index (κ3) is 4.44. The molecule has 1 aromatic carbocycles. The van der Waals surface area contributed by atoms with E-state index in [1.165, 1.54) is 11.1 Å². The Bertz CT molecular complexity index is 596. The Kier molecular flexibility index (Phi) is 5.49. The molecule has 2 unspecified atom stereocenters. The van der Waals surface area contributed by atoms with E-state index in [1.807, 2.05) is 12.1 Å². The van der Waals surface area contributed by atoms with E-state index in [1.54, 1.807) is 6.26 Å². The Hall–Kier alpha value is -1.62. The van der Waals surface area contributed by atoms with Gasteiger partial charge in [0.05, 0.1) is 19.0 Å². The van der Waals surface area contributed by atoms with Gasteiger partial charge in [-0.25, -0.2) is 0 Å². The summed E-state index contributed by atoms with van der Waals surface area (Å²) >= 11 is 0. The van der Waals surface area contributed by atoms with Gasteiger partial charge in [-0.15, -0.1) is 0 Å². The average molecular weight is 315 g/mol. The number of hydrogen-bond donors (Lipinski definition) is 1. The molecule has 1 aliphatic carbocycles. The van der Waals surface area contributed by atoms with Gasteiger partial charge in [-0.05, 0) is 49.6 Å². The normalized spacial score (nSPS) is 18.8. The first-order valence-electron chi connectivity index (χ1n) is 8.27. The van der Waals surface area contributed by atoms with Gasteiger partial charge in [0.15, 0.2) is 0 Å². The maximum absolute atomic E-state index is 10.2. The first-order valence-corrected chi connectivity index (χ1v) is 8.27. The van der Waals surface area contributed by atoms with Crippen molar-refractivity contribution in [2.75, 3.05) is 20.2 Å². The summed E-state index contributed by atoms with van der Waals surface area (Å²) in [7, 11) is 2.09. The van der Waals surface area contributed by atoms with Crippen LogP contribution in [-0.2, 0) is 24.2 Å². The number of aliphatic hydroxyl groups is 1. The summed E-state index contributed by atoms with van der Waals surface area (Å²) in [4.78, 5) is 2.26. The maximum Gasteiger partial charge on any atom is 0.129 e. The Morgan fingerprint density at radius 3 is 2.87 bits per heavy atom. The summed E-state index contributed by atoms with van der Waals surface area (Å²) in [6.45, 7) is 1.36. The molecule has 1 aromatic heterocycles. The van der Waals surface area contributed by atoms with E-state index in [2.05, 4.69) is 36.2 Å². The average Bonchev–Trinajstić information content (AvgIpc) is 3.07. The van der Waals surface area contributed by atoms with Crippen molar-refractivity contribution in [3.63, 3.8) is 0 Å². The number of fused-ring (bicyclic) bond motifs is 1. The van der Waals surface area contributed by atoms with Crippen LogP contribution in [0.5, 0.6) is 0 Å². The fourth-order valence-corrected chi connectivity index (χ4v) is 3.28. The lowest BCUT2D eigenvalue weighted by Gasteiger charge is -2.33. The van der Waals surface area contributed by atoms with Gasteiger partial charge in [-0.2, -0.15) is 0 Å². The largest absolute Gasteiger partial charge is 0.467 e. The van der Waals surface area contributed by atoms with Crippen LogP contribution in [0.15, 0.2) is 47.1 Å². The second-order valence-corrected chi connectivity index (χ2v) is 6.35. The molecular weight excluding hydrogens is 290 g/mol. The Morgan fingerprint density at radius 1 is 1.26 bits per heavy atom. The fourth-order valence-electron chi connectivity index (χ4n) is 3.28. The van der Waals surface area contributed by atoms with Gasteiger partial charge in [-0.1, -0.05) is 24.3 Å². The molecule has 1 heterocycles. The molecule has 0 fully saturated rings. The minimum atomic E-state index is -0.480. The first-order chi connectivity index (χ1) is 11.2. The molecule has 0 radical (unpaired) electrons. The van der Waals surface area contributed by atoms with Crippen molar-refractivity contribution in [2.24, 2.45) is 0 Å². The van der Waals surface area contributed by atoms with E-state index in [9.17, 15) is 5.11 Å². The summed E-state index contributed by atoms with van der Waals surface area (Å²) in [5.74, 6) is 0.787. The summed E-state index contributed by atoms with van der Waals surface area (Å²) in [5.41, 5.74) is 2.92. The van der Waals surface area contributed by atoms with Crippen LogP contribution in [0.2, 0.25) is 0 Å². The molecule has 124 valence electrons. The summed E-state index contributed by atoms with van der Waals surface area (Å²) in [6.07, 6.45) is 4.48. The van der Waals surface area contributed by atoms with Crippen LogP contribution in [0, 0.1) is 0 Å². The minimum Gasteiger partial charge on any atom is -0.467 e. The van der Waals surface area contributed by atoms with Gasteiger partial charge in [0.25, 0.3) is 0 Å². The zero-order valence-electron chi connectivity index (χ0n) is 13.6. The van der Waals surface area contributed by atoms with Gasteiger partial charge in [-0.3, -0.25) is 0 Å². The SMILES string of the molecule is CN(CC(O)COCc1ccco1)C1CCc2ccccc2C1.